The normalized spacial score (nSPS) is 21.9. The fraction of sp³-hybridized carbons (Fsp3) is 0.647. The van der Waals surface area contributed by atoms with E-state index in [0.29, 0.717) is 0 Å². The minimum Gasteiger partial charge on any atom is -0.496 e. The van der Waals surface area contributed by atoms with Crippen molar-refractivity contribution in [1.82, 2.24) is 0 Å². The van der Waals surface area contributed by atoms with Gasteiger partial charge in [-0.2, -0.15) is 0 Å². The van der Waals surface area contributed by atoms with Gasteiger partial charge < -0.3 is 9.47 Å². The Labute approximate surface area is 234 Å². The molecule has 0 aromatic heterocycles. The summed E-state index contributed by atoms with van der Waals surface area (Å²) < 4.78 is 12.5. The molecule has 4 fully saturated rings. The van der Waals surface area contributed by atoms with Crippen LogP contribution in [0.25, 0.3) is 11.1 Å². The highest BCUT2D eigenvalue weighted by molar-refractivity contribution is 7.68. The molecule has 4 aliphatic rings. The predicted octanol–water partition coefficient (Wildman–Crippen LogP) is 9.36. The summed E-state index contributed by atoms with van der Waals surface area (Å²) in [4.78, 5) is 0. The van der Waals surface area contributed by atoms with Crippen molar-refractivity contribution in [2.24, 2.45) is 0 Å². The topological polar surface area (TPSA) is 18.5 Å². The molecular weight excluding hydrogens is 502 g/mol. The number of rotatable bonds is 9. The van der Waals surface area contributed by atoms with Gasteiger partial charge >= 0.3 is 0 Å². The molecule has 0 radical (unpaired) electrons. The Morgan fingerprint density at radius 3 is 1.03 bits per heavy atom. The van der Waals surface area contributed by atoms with Gasteiger partial charge in [0.05, 0.1) is 14.2 Å². The van der Waals surface area contributed by atoms with Crippen molar-refractivity contribution < 1.29 is 9.47 Å². The summed E-state index contributed by atoms with van der Waals surface area (Å²) in [6.07, 6.45) is 22.8. The molecule has 38 heavy (non-hydrogen) atoms. The lowest BCUT2D eigenvalue weighted by Gasteiger charge is -2.36. The van der Waals surface area contributed by atoms with Crippen LogP contribution in [-0.4, -0.2) is 36.9 Å². The van der Waals surface area contributed by atoms with Gasteiger partial charge in [-0.25, -0.2) is 0 Å². The summed E-state index contributed by atoms with van der Waals surface area (Å²) >= 11 is 0. The van der Waals surface area contributed by atoms with E-state index in [4.69, 9.17) is 9.47 Å². The van der Waals surface area contributed by atoms with Crippen molar-refractivity contribution in [3.63, 3.8) is 0 Å². The van der Waals surface area contributed by atoms with E-state index in [1.165, 1.54) is 114 Å². The molecule has 0 saturated heterocycles. The van der Waals surface area contributed by atoms with Gasteiger partial charge in [-0.1, -0.05) is 91.5 Å². The average Bonchev–Trinajstić information content (AvgIpc) is 3.78. The van der Waals surface area contributed by atoms with Crippen LogP contribution in [0.3, 0.4) is 0 Å². The first-order chi connectivity index (χ1) is 18.8. The minimum atomic E-state index is -0.222. The summed E-state index contributed by atoms with van der Waals surface area (Å²) in [7, 11) is 3.34. The molecule has 4 saturated carbocycles. The third kappa shape index (κ3) is 5.31. The lowest BCUT2D eigenvalue weighted by molar-refractivity contribution is 0.411. The van der Waals surface area contributed by atoms with E-state index in [1.807, 2.05) is 14.2 Å². The molecule has 0 spiro atoms. The summed E-state index contributed by atoms with van der Waals surface area (Å²) in [5, 5.41) is 3.27. The summed E-state index contributed by atoms with van der Waals surface area (Å²) in [5.74, 6) is 2.15. The average molecular weight is 551 g/mol. The zero-order chi connectivity index (χ0) is 25.9. The van der Waals surface area contributed by atoms with Gasteiger partial charge in [0.1, 0.15) is 11.5 Å². The van der Waals surface area contributed by atoms with Gasteiger partial charge in [0, 0.05) is 11.1 Å². The number of hydrogen-bond donors (Lipinski definition) is 0. The first kappa shape index (κ1) is 27.1. The maximum Gasteiger partial charge on any atom is 0.127 e. The smallest absolute Gasteiger partial charge is 0.127 e. The van der Waals surface area contributed by atoms with Crippen molar-refractivity contribution in [2.45, 2.75) is 125 Å². The van der Waals surface area contributed by atoms with Crippen LogP contribution < -0.4 is 20.1 Å². The van der Waals surface area contributed by atoms with E-state index in [1.54, 1.807) is 10.6 Å². The molecule has 2 nitrogen and oxygen atoms in total. The fourth-order valence-electron chi connectivity index (χ4n) is 8.42. The van der Waals surface area contributed by atoms with E-state index in [2.05, 4.69) is 36.4 Å². The second kappa shape index (κ2) is 12.6. The highest BCUT2D eigenvalue weighted by Gasteiger charge is 2.39. The molecule has 4 aliphatic carbocycles. The van der Waals surface area contributed by atoms with Gasteiger partial charge in [0.15, 0.2) is 0 Å². The Morgan fingerprint density at radius 2 is 0.763 bits per heavy atom. The van der Waals surface area contributed by atoms with E-state index in [0.717, 1.165) is 34.1 Å². The lowest BCUT2D eigenvalue weighted by atomic mass is 10.0. The van der Waals surface area contributed by atoms with Crippen molar-refractivity contribution in [3.8, 4) is 22.6 Å². The number of benzene rings is 2. The monoisotopic (exact) mass is 550 g/mol. The van der Waals surface area contributed by atoms with Crippen LogP contribution in [0.4, 0.5) is 0 Å². The van der Waals surface area contributed by atoms with Crippen molar-refractivity contribution in [1.29, 1.82) is 0 Å². The molecule has 0 atom stereocenters. The third-order valence-electron chi connectivity index (χ3n) is 10.1. The first-order valence-electron chi connectivity index (χ1n) is 15.7. The Balaban J connectivity index is 1.55. The van der Waals surface area contributed by atoms with Gasteiger partial charge in [-0.3, -0.25) is 0 Å². The summed E-state index contributed by atoms with van der Waals surface area (Å²) in [5.41, 5.74) is 6.34. The van der Waals surface area contributed by atoms with Crippen LogP contribution in [0.5, 0.6) is 11.5 Å². The van der Waals surface area contributed by atoms with Crippen LogP contribution in [0.1, 0.15) is 103 Å². The summed E-state index contributed by atoms with van der Waals surface area (Å²) in [6.45, 7) is 0. The zero-order valence-electron chi connectivity index (χ0n) is 23.8. The standard InChI is InChI=1S/C34H48O2P2/c1-35-29-21-11-23-31(37(25-13-3-4-14-25)26-15-5-6-16-26)33(29)34-30(36-2)22-12-24-32(34)38(27-17-7-8-18-27)28-19-9-10-20-28/h11-12,21-28H,3-10,13-20H2,1-2H3. The molecule has 0 aliphatic heterocycles. The molecule has 0 unspecified atom stereocenters. The van der Waals surface area contributed by atoms with Crippen molar-refractivity contribution >= 4 is 26.5 Å². The molecule has 2 aromatic rings. The van der Waals surface area contributed by atoms with Gasteiger partial charge in [0.2, 0.25) is 0 Å². The van der Waals surface area contributed by atoms with Crippen molar-refractivity contribution in [2.75, 3.05) is 14.2 Å². The highest BCUT2D eigenvalue weighted by atomic mass is 31.1. The molecular formula is C34H48O2P2. The van der Waals surface area contributed by atoms with Crippen LogP contribution in [-0.2, 0) is 0 Å². The molecule has 2 aromatic carbocycles. The maximum absolute atomic E-state index is 6.26. The Morgan fingerprint density at radius 1 is 0.474 bits per heavy atom. The number of methoxy groups -OCH3 is 2. The Bertz CT molecular complexity index is 943. The Hall–Kier alpha value is -1.10. The molecule has 0 amide bonds. The predicted molar refractivity (Wildman–Crippen MR) is 167 cm³/mol. The molecule has 4 heteroatoms. The second-order valence-corrected chi connectivity index (χ2v) is 17.8. The lowest BCUT2D eigenvalue weighted by Crippen LogP contribution is -2.25. The summed E-state index contributed by atoms with van der Waals surface area (Å²) in [6, 6.07) is 14.1. The van der Waals surface area contributed by atoms with Crippen LogP contribution >= 0.6 is 15.8 Å². The highest BCUT2D eigenvalue weighted by Crippen LogP contribution is 2.61. The first-order valence-corrected chi connectivity index (χ1v) is 18.7. The van der Waals surface area contributed by atoms with Gasteiger partial charge in [-0.15, -0.1) is 0 Å². The number of ether oxygens (including phenoxy) is 2. The SMILES string of the molecule is COc1cccc(P(C2CCCC2)C2CCCC2)c1-c1c(OC)cccc1P(C1CCCC1)C1CCCC1. The van der Waals surface area contributed by atoms with E-state index < -0.39 is 0 Å². The number of hydrogen-bond acceptors (Lipinski definition) is 2. The molecule has 0 N–H and O–H groups in total. The fourth-order valence-corrected chi connectivity index (χ4v) is 16.4. The molecule has 0 bridgehead atoms. The largest absolute Gasteiger partial charge is 0.496 e. The maximum atomic E-state index is 6.26. The van der Waals surface area contributed by atoms with E-state index >= 15 is 0 Å². The zero-order valence-corrected chi connectivity index (χ0v) is 25.6. The Kier molecular flexibility index (Phi) is 8.99. The molecule has 6 rings (SSSR count). The van der Waals surface area contributed by atoms with Crippen LogP contribution in [0, 0.1) is 0 Å². The van der Waals surface area contributed by atoms with Gasteiger partial charge in [-0.05, 0) is 96.7 Å². The second-order valence-electron chi connectivity index (χ2n) is 12.3. The molecule has 0 heterocycles. The molecule has 206 valence electrons. The quantitative estimate of drug-likeness (QED) is 0.290. The van der Waals surface area contributed by atoms with Gasteiger partial charge in [0.25, 0.3) is 0 Å². The van der Waals surface area contributed by atoms with E-state index in [-0.39, 0.29) is 15.8 Å². The van der Waals surface area contributed by atoms with E-state index in [9.17, 15) is 0 Å². The van der Waals surface area contributed by atoms with Crippen LogP contribution in [0.2, 0.25) is 0 Å². The minimum absolute atomic E-state index is 0.222. The van der Waals surface area contributed by atoms with Crippen LogP contribution in [0.15, 0.2) is 36.4 Å². The third-order valence-corrected chi connectivity index (χ3v) is 17.2. The van der Waals surface area contributed by atoms with Crippen molar-refractivity contribution in [3.05, 3.63) is 36.4 Å².